The average Bonchev–Trinajstić information content (AvgIpc) is 3.12. The number of rotatable bonds is 2. The second-order valence-electron chi connectivity index (χ2n) is 5.70. The van der Waals surface area contributed by atoms with Crippen LogP contribution in [0.4, 0.5) is 0 Å². The standard InChI is InChI=1S/C17H16N4/c1-17(2,20-11-18-13-7-3-5-9-15(13)20)21-12-19-14-8-4-6-10-16(14)21/h3-12H,1-2H3. The maximum absolute atomic E-state index is 4.50. The van der Waals surface area contributed by atoms with Crippen molar-refractivity contribution < 1.29 is 0 Å². The first-order valence-electron chi connectivity index (χ1n) is 7.03. The van der Waals surface area contributed by atoms with Crippen LogP contribution in [0.3, 0.4) is 0 Å². The van der Waals surface area contributed by atoms with Gasteiger partial charge >= 0.3 is 0 Å². The quantitative estimate of drug-likeness (QED) is 0.560. The van der Waals surface area contributed by atoms with Gasteiger partial charge in [-0.2, -0.15) is 0 Å². The normalized spacial score (nSPS) is 12.3. The number of aromatic nitrogens is 4. The molecule has 0 saturated heterocycles. The van der Waals surface area contributed by atoms with Crippen LogP contribution in [0.1, 0.15) is 13.8 Å². The molecular weight excluding hydrogens is 260 g/mol. The predicted octanol–water partition coefficient (Wildman–Crippen LogP) is 3.63. The van der Waals surface area contributed by atoms with Crippen molar-refractivity contribution in [2.75, 3.05) is 0 Å². The highest BCUT2D eigenvalue weighted by molar-refractivity contribution is 5.77. The van der Waals surface area contributed by atoms with E-state index in [4.69, 9.17) is 0 Å². The Morgan fingerprint density at radius 3 is 1.62 bits per heavy atom. The number of fused-ring (bicyclic) bond motifs is 2. The maximum atomic E-state index is 4.50. The first-order valence-corrected chi connectivity index (χ1v) is 7.03. The molecule has 0 aliphatic rings. The van der Waals surface area contributed by atoms with Crippen LogP contribution in [0.2, 0.25) is 0 Å². The molecule has 4 aromatic rings. The summed E-state index contributed by atoms with van der Waals surface area (Å²) in [5, 5.41) is 0. The number of hydrogen-bond donors (Lipinski definition) is 0. The zero-order chi connectivity index (χ0) is 14.4. The van der Waals surface area contributed by atoms with E-state index in [0.29, 0.717) is 0 Å². The molecule has 0 unspecified atom stereocenters. The van der Waals surface area contributed by atoms with Crippen molar-refractivity contribution in [2.24, 2.45) is 0 Å². The van der Waals surface area contributed by atoms with Gasteiger partial charge in [0.05, 0.1) is 34.7 Å². The summed E-state index contributed by atoms with van der Waals surface area (Å²) in [5.41, 5.74) is 3.98. The van der Waals surface area contributed by atoms with Gasteiger partial charge in [-0.3, -0.25) is 0 Å². The van der Waals surface area contributed by atoms with Gasteiger partial charge < -0.3 is 9.13 Å². The fourth-order valence-electron chi connectivity index (χ4n) is 2.91. The van der Waals surface area contributed by atoms with Gasteiger partial charge in [0.25, 0.3) is 0 Å². The van der Waals surface area contributed by atoms with Crippen molar-refractivity contribution in [3.8, 4) is 0 Å². The first kappa shape index (κ1) is 12.1. The molecule has 0 fully saturated rings. The highest BCUT2D eigenvalue weighted by atomic mass is 15.3. The van der Waals surface area contributed by atoms with E-state index in [9.17, 15) is 0 Å². The third-order valence-electron chi connectivity index (χ3n) is 4.09. The summed E-state index contributed by atoms with van der Waals surface area (Å²) in [6, 6.07) is 16.4. The molecule has 104 valence electrons. The van der Waals surface area contributed by atoms with E-state index in [1.165, 1.54) is 0 Å². The molecule has 4 heteroatoms. The average molecular weight is 276 g/mol. The Bertz CT molecular complexity index is 854. The lowest BCUT2D eigenvalue weighted by Gasteiger charge is -2.29. The van der Waals surface area contributed by atoms with Gasteiger partial charge in [-0.25, -0.2) is 9.97 Å². The van der Waals surface area contributed by atoms with Crippen LogP contribution >= 0.6 is 0 Å². The van der Waals surface area contributed by atoms with Gasteiger partial charge in [-0.05, 0) is 38.1 Å². The van der Waals surface area contributed by atoms with E-state index >= 15 is 0 Å². The summed E-state index contributed by atoms with van der Waals surface area (Å²) in [4.78, 5) is 9.01. The Balaban J connectivity index is 1.97. The molecule has 0 aliphatic heterocycles. The summed E-state index contributed by atoms with van der Waals surface area (Å²) in [5.74, 6) is 0. The maximum Gasteiger partial charge on any atom is 0.118 e. The SMILES string of the molecule is CC(C)(n1cnc2ccccc21)n1cnc2ccccc21. The highest BCUT2D eigenvalue weighted by Crippen LogP contribution is 2.27. The number of benzene rings is 2. The van der Waals surface area contributed by atoms with Crippen molar-refractivity contribution in [1.82, 2.24) is 19.1 Å². The van der Waals surface area contributed by atoms with E-state index < -0.39 is 0 Å². The van der Waals surface area contributed by atoms with Crippen LogP contribution in [0.15, 0.2) is 61.2 Å². The van der Waals surface area contributed by atoms with Crippen LogP contribution < -0.4 is 0 Å². The molecule has 0 aliphatic carbocycles. The molecular formula is C17H16N4. The second-order valence-corrected chi connectivity index (χ2v) is 5.70. The van der Waals surface area contributed by atoms with Crippen LogP contribution in [0.25, 0.3) is 22.1 Å². The van der Waals surface area contributed by atoms with Crippen molar-refractivity contribution in [3.05, 3.63) is 61.2 Å². The Hall–Kier alpha value is -2.62. The largest absolute Gasteiger partial charge is 0.307 e. The molecule has 2 aromatic carbocycles. The molecule has 0 atom stereocenters. The van der Waals surface area contributed by atoms with Crippen molar-refractivity contribution in [2.45, 2.75) is 19.5 Å². The highest BCUT2D eigenvalue weighted by Gasteiger charge is 2.25. The van der Waals surface area contributed by atoms with Crippen molar-refractivity contribution >= 4 is 22.1 Å². The van der Waals surface area contributed by atoms with Crippen LogP contribution in [-0.4, -0.2) is 19.1 Å². The molecule has 0 amide bonds. The molecule has 4 nitrogen and oxygen atoms in total. The summed E-state index contributed by atoms with van der Waals surface area (Å²) >= 11 is 0. The number of imidazole rings is 2. The molecule has 0 saturated carbocycles. The monoisotopic (exact) mass is 276 g/mol. The summed E-state index contributed by atoms with van der Waals surface area (Å²) in [6.45, 7) is 4.35. The van der Waals surface area contributed by atoms with E-state index in [2.05, 4.69) is 45.1 Å². The smallest absolute Gasteiger partial charge is 0.118 e. The zero-order valence-corrected chi connectivity index (χ0v) is 12.1. The lowest BCUT2D eigenvalue weighted by Crippen LogP contribution is -2.33. The molecule has 0 radical (unpaired) electrons. The minimum Gasteiger partial charge on any atom is -0.307 e. The lowest BCUT2D eigenvalue weighted by molar-refractivity contribution is 0.308. The van der Waals surface area contributed by atoms with E-state index in [0.717, 1.165) is 22.1 Å². The molecule has 2 heterocycles. The molecule has 21 heavy (non-hydrogen) atoms. The number of hydrogen-bond acceptors (Lipinski definition) is 2. The Morgan fingerprint density at radius 2 is 1.14 bits per heavy atom. The second kappa shape index (κ2) is 4.19. The van der Waals surface area contributed by atoms with E-state index in [-0.39, 0.29) is 5.66 Å². The van der Waals surface area contributed by atoms with E-state index in [1.54, 1.807) is 0 Å². The van der Waals surface area contributed by atoms with Gasteiger partial charge in [0, 0.05) is 0 Å². The van der Waals surface area contributed by atoms with Crippen molar-refractivity contribution in [1.29, 1.82) is 0 Å². The molecule has 2 aromatic heterocycles. The molecule has 0 bridgehead atoms. The zero-order valence-electron chi connectivity index (χ0n) is 12.1. The minimum absolute atomic E-state index is 0.286. The van der Waals surface area contributed by atoms with Gasteiger partial charge in [-0.15, -0.1) is 0 Å². The summed E-state index contributed by atoms with van der Waals surface area (Å²) in [6.07, 6.45) is 3.80. The molecule has 4 rings (SSSR count). The van der Waals surface area contributed by atoms with Gasteiger partial charge in [0.1, 0.15) is 5.66 Å². The topological polar surface area (TPSA) is 35.6 Å². The fourth-order valence-corrected chi connectivity index (χ4v) is 2.91. The predicted molar refractivity (Wildman–Crippen MR) is 84.2 cm³/mol. The Labute approximate surface area is 122 Å². The van der Waals surface area contributed by atoms with Crippen molar-refractivity contribution in [3.63, 3.8) is 0 Å². The van der Waals surface area contributed by atoms with Gasteiger partial charge in [0.15, 0.2) is 0 Å². The summed E-state index contributed by atoms with van der Waals surface area (Å²) in [7, 11) is 0. The Kier molecular flexibility index (Phi) is 2.42. The van der Waals surface area contributed by atoms with Gasteiger partial charge in [-0.1, -0.05) is 24.3 Å². The summed E-state index contributed by atoms with van der Waals surface area (Å²) < 4.78 is 4.38. The van der Waals surface area contributed by atoms with Gasteiger partial charge in [0.2, 0.25) is 0 Å². The molecule has 0 N–H and O–H groups in total. The van der Waals surface area contributed by atoms with Crippen LogP contribution in [0, 0.1) is 0 Å². The third kappa shape index (κ3) is 1.69. The van der Waals surface area contributed by atoms with Crippen LogP contribution in [0.5, 0.6) is 0 Å². The van der Waals surface area contributed by atoms with E-state index in [1.807, 2.05) is 49.1 Å². The number of para-hydroxylation sites is 4. The van der Waals surface area contributed by atoms with Crippen LogP contribution in [-0.2, 0) is 5.66 Å². The fraction of sp³-hybridized carbons (Fsp3) is 0.176. The Morgan fingerprint density at radius 1 is 0.714 bits per heavy atom. The molecule has 0 spiro atoms. The third-order valence-corrected chi connectivity index (χ3v) is 4.09. The minimum atomic E-state index is -0.286. The number of nitrogens with zero attached hydrogens (tertiary/aromatic N) is 4. The lowest BCUT2D eigenvalue weighted by atomic mass is 10.2. The first-order chi connectivity index (χ1) is 10.2.